The van der Waals surface area contributed by atoms with Gasteiger partial charge in [-0.05, 0) is 0 Å². The molecule has 55 heavy (non-hydrogen) atoms. The van der Waals surface area contributed by atoms with Crippen molar-refractivity contribution in [2.45, 2.75) is 168 Å². The maximum Gasteiger partial charge on any atom is 0.306 e. The molecule has 2 fully saturated rings. The average Bonchev–Trinajstić information content (AvgIpc) is 3.19. The highest BCUT2D eigenvalue weighted by Gasteiger charge is 2.58. The first kappa shape index (κ1) is 46.8. The molecule has 312 valence electrons. The zero-order valence-corrected chi connectivity index (χ0v) is 32.6. The first-order valence-corrected chi connectivity index (χ1v) is 18.6. The number of rotatable bonds is 20. The summed E-state index contributed by atoms with van der Waals surface area (Å²) in [5, 5.41) is 0. The summed E-state index contributed by atoms with van der Waals surface area (Å²) in [6.45, 7) is 10.9. The van der Waals surface area contributed by atoms with Gasteiger partial charge in [0.2, 0.25) is 12.6 Å². The molecule has 2 rings (SSSR count). The molecule has 0 aromatic rings. The van der Waals surface area contributed by atoms with Gasteiger partial charge in [-0.15, -0.1) is 0 Å². The van der Waals surface area contributed by atoms with E-state index in [2.05, 4.69) is 0 Å². The lowest BCUT2D eigenvalue weighted by Crippen LogP contribution is -2.67. The van der Waals surface area contributed by atoms with Gasteiger partial charge in [-0.1, -0.05) is 55.4 Å². The van der Waals surface area contributed by atoms with Crippen molar-refractivity contribution in [1.82, 2.24) is 0 Å². The summed E-state index contributed by atoms with van der Waals surface area (Å²) in [6, 6.07) is 0. The predicted molar refractivity (Wildman–Crippen MR) is 182 cm³/mol. The molecule has 2 aliphatic rings. The van der Waals surface area contributed by atoms with Crippen molar-refractivity contribution in [3.05, 3.63) is 0 Å². The number of hydrogen-bond acceptors (Lipinski definition) is 19. The zero-order valence-electron chi connectivity index (χ0n) is 32.6. The minimum Gasteiger partial charge on any atom is -0.463 e. The van der Waals surface area contributed by atoms with Gasteiger partial charge in [0.25, 0.3) is 0 Å². The normalized spacial score (nSPS) is 27.4. The Balaban J connectivity index is 2.83. The molecule has 0 bridgehead atoms. The second-order valence-electron chi connectivity index (χ2n) is 12.1. The lowest BCUT2D eigenvalue weighted by Gasteiger charge is -2.48. The fourth-order valence-electron chi connectivity index (χ4n) is 5.14. The number of hydrogen-bond donors (Lipinski definition) is 0. The van der Waals surface area contributed by atoms with Crippen molar-refractivity contribution in [2.75, 3.05) is 13.2 Å². The lowest BCUT2D eigenvalue weighted by atomic mass is 9.96. The molecule has 19 heteroatoms. The first-order valence-electron chi connectivity index (χ1n) is 18.6. The maximum absolute atomic E-state index is 12.9. The quantitative estimate of drug-likeness (QED) is 0.127. The standard InChI is InChI=1S/C36H54O19/c1-9-21(37)45-17-19-29(49-23(39)11-3)31(51-25(41)13-5)33(53-27(43)15-7)35(47-19)55-36-34(54-28(44)16-8)32(52-26(42)14-6)30(50-24(40)12-4)20(48-36)18-46-22(38)10-2/h19-20,29-36H,9-18H2,1-8H3/t19-,20?,29?,30?,31?,32?,33?,34?,35+,36?/m1/s1. The molecule has 0 amide bonds. The Labute approximate surface area is 319 Å². The Morgan fingerprint density at radius 3 is 0.836 bits per heavy atom. The third-order valence-electron chi connectivity index (χ3n) is 8.18. The third-order valence-corrected chi connectivity index (χ3v) is 8.18. The fourth-order valence-corrected chi connectivity index (χ4v) is 5.14. The minimum atomic E-state index is -1.84. The number of esters is 8. The van der Waals surface area contributed by atoms with Gasteiger partial charge >= 0.3 is 47.8 Å². The Morgan fingerprint density at radius 1 is 0.345 bits per heavy atom. The minimum absolute atomic E-state index is 0.0386. The van der Waals surface area contributed by atoms with Crippen LogP contribution in [0.2, 0.25) is 0 Å². The van der Waals surface area contributed by atoms with Crippen LogP contribution < -0.4 is 0 Å². The summed E-state index contributed by atoms with van der Waals surface area (Å²) < 4.78 is 63.3. The van der Waals surface area contributed by atoms with Crippen molar-refractivity contribution >= 4 is 47.8 Å². The number of carbonyl (C=O) groups is 8. The van der Waals surface area contributed by atoms with E-state index in [0.29, 0.717) is 0 Å². The second-order valence-corrected chi connectivity index (χ2v) is 12.1. The molecule has 0 aromatic heterocycles. The van der Waals surface area contributed by atoms with Crippen molar-refractivity contribution in [2.24, 2.45) is 0 Å². The molecular weight excluding hydrogens is 736 g/mol. The van der Waals surface area contributed by atoms with Crippen LogP contribution >= 0.6 is 0 Å². The highest BCUT2D eigenvalue weighted by Crippen LogP contribution is 2.36. The Bertz CT molecular complexity index is 1230. The molecule has 0 saturated carbocycles. The summed E-state index contributed by atoms with van der Waals surface area (Å²) in [5.74, 6) is -6.14. The van der Waals surface area contributed by atoms with Gasteiger partial charge < -0.3 is 52.1 Å². The van der Waals surface area contributed by atoms with Gasteiger partial charge in [0, 0.05) is 51.4 Å². The molecule has 19 nitrogen and oxygen atoms in total. The van der Waals surface area contributed by atoms with Gasteiger partial charge in [-0.25, -0.2) is 0 Å². The molecule has 0 radical (unpaired) electrons. The third kappa shape index (κ3) is 14.0. The maximum atomic E-state index is 12.9. The number of carbonyl (C=O) groups excluding carboxylic acids is 8. The van der Waals surface area contributed by atoms with Gasteiger partial charge in [-0.2, -0.15) is 0 Å². The SMILES string of the molecule is CCC(=O)OCC1OC(O[C@@H]2O[C@H](COC(=O)CC)C(OC(=O)CC)C(OC(=O)CC)C2OC(=O)CC)C(OC(=O)CC)C(OC(=O)CC)C1OC(=O)CC. The summed E-state index contributed by atoms with van der Waals surface area (Å²) in [7, 11) is 0. The Morgan fingerprint density at radius 2 is 0.582 bits per heavy atom. The first-order chi connectivity index (χ1) is 26.2. The Kier molecular flexibility index (Phi) is 20.0. The van der Waals surface area contributed by atoms with E-state index in [1.807, 2.05) is 0 Å². The molecule has 2 saturated heterocycles. The molecule has 8 unspecified atom stereocenters. The van der Waals surface area contributed by atoms with Crippen LogP contribution in [0.4, 0.5) is 0 Å². The van der Waals surface area contributed by atoms with Crippen LogP contribution in [0.25, 0.3) is 0 Å². The van der Waals surface area contributed by atoms with E-state index in [4.69, 9.17) is 52.1 Å². The van der Waals surface area contributed by atoms with E-state index >= 15 is 0 Å². The van der Waals surface area contributed by atoms with Crippen molar-refractivity contribution < 1.29 is 90.5 Å². The van der Waals surface area contributed by atoms with Crippen LogP contribution in [0.5, 0.6) is 0 Å². The summed E-state index contributed by atoms with van der Waals surface area (Å²) in [5.41, 5.74) is 0. The van der Waals surface area contributed by atoms with Gasteiger partial charge in [0.05, 0.1) is 0 Å². The van der Waals surface area contributed by atoms with Crippen LogP contribution in [0.1, 0.15) is 107 Å². The monoisotopic (exact) mass is 790 g/mol. The molecule has 0 spiro atoms. The van der Waals surface area contributed by atoms with Gasteiger partial charge in [-0.3, -0.25) is 38.4 Å². The second kappa shape index (κ2) is 23.5. The summed E-state index contributed by atoms with van der Waals surface area (Å²) in [4.78, 5) is 101. The Hall–Kier alpha value is -4.36. The van der Waals surface area contributed by atoms with Crippen LogP contribution in [0, 0.1) is 0 Å². The summed E-state index contributed by atoms with van der Waals surface area (Å²) in [6.07, 6.45) is -17.3. The van der Waals surface area contributed by atoms with Gasteiger partial charge in [0.15, 0.2) is 36.6 Å². The van der Waals surface area contributed by atoms with E-state index in [-0.39, 0.29) is 51.4 Å². The zero-order chi connectivity index (χ0) is 41.2. The lowest BCUT2D eigenvalue weighted by molar-refractivity contribution is -0.378. The van der Waals surface area contributed by atoms with Crippen LogP contribution in [-0.2, 0) is 90.5 Å². The highest BCUT2D eigenvalue weighted by molar-refractivity contribution is 5.73. The molecular formula is C36H54O19. The van der Waals surface area contributed by atoms with E-state index in [9.17, 15) is 38.4 Å². The van der Waals surface area contributed by atoms with E-state index in [0.717, 1.165) is 0 Å². The van der Waals surface area contributed by atoms with E-state index < -0.39 is 122 Å². The van der Waals surface area contributed by atoms with Crippen LogP contribution in [0.15, 0.2) is 0 Å². The van der Waals surface area contributed by atoms with E-state index in [1.165, 1.54) is 55.4 Å². The predicted octanol–water partition coefficient (Wildman–Crippen LogP) is 2.29. The molecule has 2 aliphatic heterocycles. The largest absolute Gasteiger partial charge is 0.463 e. The molecule has 0 aliphatic carbocycles. The average molecular weight is 791 g/mol. The van der Waals surface area contributed by atoms with E-state index in [1.54, 1.807) is 0 Å². The molecule has 0 N–H and O–H groups in total. The molecule has 10 atom stereocenters. The smallest absolute Gasteiger partial charge is 0.306 e. The van der Waals surface area contributed by atoms with Crippen LogP contribution in [-0.4, -0.2) is 122 Å². The van der Waals surface area contributed by atoms with Crippen molar-refractivity contribution in [3.63, 3.8) is 0 Å². The van der Waals surface area contributed by atoms with Crippen molar-refractivity contribution in [3.8, 4) is 0 Å². The molecule has 2 heterocycles. The van der Waals surface area contributed by atoms with Gasteiger partial charge in [0.1, 0.15) is 25.4 Å². The highest BCUT2D eigenvalue weighted by atomic mass is 16.8. The van der Waals surface area contributed by atoms with Crippen LogP contribution in [0.3, 0.4) is 0 Å². The van der Waals surface area contributed by atoms with Crippen molar-refractivity contribution in [1.29, 1.82) is 0 Å². The number of ether oxygens (including phenoxy) is 11. The molecule has 0 aromatic carbocycles. The fraction of sp³-hybridized carbons (Fsp3) is 0.778. The topological polar surface area (TPSA) is 238 Å². The summed E-state index contributed by atoms with van der Waals surface area (Å²) >= 11 is 0.